The normalized spacial score (nSPS) is 10.7. The van der Waals surface area contributed by atoms with Crippen molar-refractivity contribution in [1.29, 1.82) is 0 Å². The Morgan fingerprint density at radius 2 is 1.85 bits per heavy atom. The number of hydrogen-bond acceptors (Lipinski definition) is 2. The Hall–Kier alpha value is -2.42. The van der Waals surface area contributed by atoms with E-state index in [4.69, 9.17) is 0 Å². The minimum atomic E-state index is -0.190. The third kappa shape index (κ3) is 3.54. The van der Waals surface area contributed by atoms with Gasteiger partial charge in [-0.1, -0.05) is 49.4 Å². The van der Waals surface area contributed by atoms with Crippen molar-refractivity contribution >= 4 is 12.1 Å². The molecular formula is C17H18N2O. The molecule has 2 aromatic carbocycles. The maximum atomic E-state index is 11.9. The molecule has 0 bridgehead atoms. The largest absolute Gasteiger partial charge is 0.271 e. The van der Waals surface area contributed by atoms with E-state index in [1.165, 1.54) is 5.56 Å². The zero-order chi connectivity index (χ0) is 14.4. The Kier molecular flexibility index (Phi) is 4.66. The summed E-state index contributed by atoms with van der Waals surface area (Å²) in [6, 6.07) is 15.5. The molecule has 2 aromatic rings. The molecule has 0 aliphatic carbocycles. The van der Waals surface area contributed by atoms with E-state index in [0.717, 1.165) is 17.5 Å². The molecule has 0 aliphatic heterocycles. The number of nitrogens with zero attached hydrogens (tertiary/aromatic N) is 1. The Balaban J connectivity index is 1.99. The summed E-state index contributed by atoms with van der Waals surface area (Å²) in [5, 5.41) is 3.99. The van der Waals surface area contributed by atoms with Gasteiger partial charge in [0.05, 0.1) is 6.21 Å². The van der Waals surface area contributed by atoms with Crippen LogP contribution in [0.15, 0.2) is 53.6 Å². The van der Waals surface area contributed by atoms with Crippen LogP contribution in [-0.2, 0) is 6.42 Å². The first kappa shape index (κ1) is 14.0. The fraction of sp³-hybridized carbons (Fsp3) is 0.176. The molecule has 0 unspecified atom stereocenters. The molecule has 20 heavy (non-hydrogen) atoms. The van der Waals surface area contributed by atoms with Gasteiger partial charge in [-0.3, -0.25) is 4.79 Å². The van der Waals surface area contributed by atoms with Crippen LogP contribution in [0, 0.1) is 6.92 Å². The number of hydrogen-bond donors (Lipinski definition) is 1. The molecule has 3 heteroatoms. The number of benzene rings is 2. The number of rotatable bonds is 4. The molecule has 3 nitrogen and oxygen atoms in total. The average Bonchev–Trinajstić information content (AvgIpc) is 2.48. The highest BCUT2D eigenvalue weighted by molar-refractivity contribution is 5.96. The van der Waals surface area contributed by atoms with E-state index in [1.54, 1.807) is 12.3 Å². The highest BCUT2D eigenvalue weighted by atomic mass is 16.2. The Labute approximate surface area is 119 Å². The second-order valence-electron chi connectivity index (χ2n) is 4.61. The smallest absolute Gasteiger partial charge is 0.267 e. The molecule has 1 amide bonds. The summed E-state index contributed by atoms with van der Waals surface area (Å²) in [7, 11) is 0. The van der Waals surface area contributed by atoms with Gasteiger partial charge >= 0.3 is 0 Å². The van der Waals surface area contributed by atoms with Crippen molar-refractivity contribution in [3.05, 3.63) is 70.8 Å². The van der Waals surface area contributed by atoms with Gasteiger partial charge in [0.2, 0.25) is 0 Å². The molecule has 0 aromatic heterocycles. The molecule has 0 saturated carbocycles. The van der Waals surface area contributed by atoms with Crippen molar-refractivity contribution in [1.82, 2.24) is 5.43 Å². The van der Waals surface area contributed by atoms with Crippen LogP contribution >= 0.6 is 0 Å². The molecule has 0 heterocycles. The van der Waals surface area contributed by atoms with Crippen LogP contribution in [0.3, 0.4) is 0 Å². The van der Waals surface area contributed by atoms with E-state index >= 15 is 0 Å². The van der Waals surface area contributed by atoms with Gasteiger partial charge in [-0.2, -0.15) is 5.10 Å². The summed E-state index contributed by atoms with van der Waals surface area (Å²) in [5.74, 6) is -0.190. The zero-order valence-corrected chi connectivity index (χ0v) is 11.8. The van der Waals surface area contributed by atoms with Crippen molar-refractivity contribution in [3.63, 3.8) is 0 Å². The molecule has 0 atom stereocenters. The van der Waals surface area contributed by atoms with Gasteiger partial charge in [0.25, 0.3) is 5.91 Å². The number of aryl methyl sites for hydroxylation is 2. The van der Waals surface area contributed by atoms with Crippen LogP contribution < -0.4 is 5.43 Å². The van der Waals surface area contributed by atoms with E-state index < -0.39 is 0 Å². The third-order valence-electron chi connectivity index (χ3n) is 3.16. The predicted octanol–water partition coefficient (Wildman–Crippen LogP) is 3.32. The minimum Gasteiger partial charge on any atom is -0.267 e. The van der Waals surface area contributed by atoms with Crippen LogP contribution in [0.2, 0.25) is 0 Å². The first-order valence-electron chi connectivity index (χ1n) is 6.68. The van der Waals surface area contributed by atoms with E-state index in [2.05, 4.69) is 29.6 Å². The maximum absolute atomic E-state index is 11.9. The van der Waals surface area contributed by atoms with E-state index in [-0.39, 0.29) is 5.91 Å². The van der Waals surface area contributed by atoms with Crippen molar-refractivity contribution in [2.75, 3.05) is 0 Å². The van der Waals surface area contributed by atoms with Crippen LogP contribution in [0.25, 0.3) is 0 Å². The van der Waals surface area contributed by atoms with Crippen LogP contribution in [0.1, 0.15) is 34.0 Å². The molecule has 0 spiro atoms. The summed E-state index contributed by atoms with van der Waals surface area (Å²) in [6.45, 7) is 4.02. The van der Waals surface area contributed by atoms with Gasteiger partial charge in [-0.05, 0) is 36.1 Å². The standard InChI is InChI=1S/C17H18N2O/c1-3-14-8-10-15(11-9-14)12-18-19-17(20)16-7-5-4-6-13(16)2/h4-12H,3H2,1-2H3,(H,19,20)/b18-12-. The fourth-order valence-corrected chi connectivity index (χ4v) is 1.89. The number of carbonyl (C=O) groups is 1. The molecule has 0 saturated heterocycles. The van der Waals surface area contributed by atoms with Gasteiger partial charge in [0, 0.05) is 5.56 Å². The van der Waals surface area contributed by atoms with E-state index in [9.17, 15) is 4.79 Å². The van der Waals surface area contributed by atoms with Crippen LogP contribution in [-0.4, -0.2) is 12.1 Å². The van der Waals surface area contributed by atoms with Gasteiger partial charge in [0.15, 0.2) is 0 Å². The Bertz CT molecular complexity index is 615. The number of nitrogens with one attached hydrogen (secondary N) is 1. The van der Waals surface area contributed by atoms with E-state index in [1.807, 2.05) is 37.3 Å². The molecule has 2 rings (SSSR count). The molecule has 0 radical (unpaired) electrons. The summed E-state index contributed by atoms with van der Waals surface area (Å²) in [6.07, 6.45) is 2.66. The maximum Gasteiger partial charge on any atom is 0.271 e. The Morgan fingerprint density at radius 3 is 2.50 bits per heavy atom. The Morgan fingerprint density at radius 1 is 1.15 bits per heavy atom. The molecule has 0 aliphatic rings. The minimum absolute atomic E-state index is 0.190. The number of amides is 1. The van der Waals surface area contributed by atoms with Crippen molar-refractivity contribution in [3.8, 4) is 0 Å². The lowest BCUT2D eigenvalue weighted by Crippen LogP contribution is -2.18. The molecular weight excluding hydrogens is 248 g/mol. The first-order valence-corrected chi connectivity index (χ1v) is 6.68. The predicted molar refractivity (Wildman–Crippen MR) is 82.1 cm³/mol. The second kappa shape index (κ2) is 6.66. The SMILES string of the molecule is CCc1ccc(/C=N\NC(=O)c2ccccc2C)cc1. The quantitative estimate of drug-likeness (QED) is 0.669. The topological polar surface area (TPSA) is 41.5 Å². The van der Waals surface area contributed by atoms with Crippen LogP contribution in [0.4, 0.5) is 0 Å². The third-order valence-corrected chi connectivity index (χ3v) is 3.16. The summed E-state index contributed by atoms with van der Waals surface area (Å²) in [5.41, 5.74) is 6.38. The molecule has 1 N–H and O–H groups in total. The number of hydrazone groups is 1. The van der Waals surface area contributed by atoms with Crippen molar-refractivity contribution in [2.45, 2.75) is 20.3 Å². The second-order valence-corrected chi connectivity index (χ2v) is 4.61. The summed E-state index contributed by atoms with van der Waals surface area (Å²) < 4.78 is 0. The number of carbonyl (C=O) groups excluding carboxylic acids is 1. The average molecular weight is 266 g/mol. The van der Waals surface area contributed by atoms with Gasteiger partial charge in [-0.25, -0.2) is 5.43 Å². The summed E-state index contributed by atoms with van der Waals surface area (Å²) in [4.78, 5) is 11.9. The van der Waals surface area contributed by atoms with Gasteiger partial charge in [0.1, 0.15) is 0 Å². The highest BCUT2D eigenvalue weighted by Crippen LogP contribution is 2.06. The fourth-order valence-electron chi connectivity index (χ4n) is 1.89. The lowest BCUT2D eigenvalue weighted by Gasteiger charge is -2.03. The highest BCUT2D eigenvalue weighted by Gasteiger charge is 2.05. The van der Waals surface area contributed by atoms with Gasteiger partial charge in [-0.15, -0.1) is 0 Å². The van der Waals surface area contributed by atoms with Crippen molar-refractivity contribution in [2.24, 2.45) is 5.10 Å². The zero-order valence-electron chi connectivity index (χ0n) is 11.8. The lowest BCUT2D eigenvalue weighted by molar-refractivity contribution is 0.0954. The van der Waals surface area contributed by atoms with Gasteiger partial charge < -0.3 is 0 Å². The lowest BCUT2D eigenvalue weighted by atomic mass is 10.1. The first-order chi connectivity index (χ1) is 9.70. The monoisotopic (exact) mass is 266 g/mol. The molecule has 102 valence electrons. The van der Waals surface area contributed by atoms with E-state index in [0.29, 0.717) is 5.56 Å². The summed E-state index contributed by atoms with van der Waals surface area (Å²) >= 11 is 0. The van der Waals surface area contributed by atoms with Crippen molar-refractivity contribution < 1.29 is 4.79 Å². The van der Waals surface area contributed by atoms with Crippen LogP contribution in [0.5, 0.6) is 0 Å². The molecule has 0 fully saturated rings.